The van der Waals surface area contributed by atoms with Gasteiger partial charge in [0.05, 0.1) is 14.2 Å². The Morgan fingerprint density at radius 1 is 1.00 bits per heavy atom. The monoisotopic (exact) mass is 438 g/mol. The molecule has 2 aromatic carbocycles. The number of aromatic nitrogens is 3. The maximum Gasteiger partial charge on any atom is 0.191 e. The molecular weight excluding hydrogens is 408 g/mol. The van der Waals surface area contributed by atoms with Crippen LogP contribution >= 0.6 is 11.8 Å². The molecule has 3 aromatic rings. The molecule has 0 radical (unpaired) electrons. The first-order valence-electron chi connectivity index (χ1n) is 10.7. The molecule has 1 fully saturated rings. The van der Waals surface area contributed by atoms with Crippen molar-refractivity contribution in [1.29, 1.82) is 0 Å². The largest absolute Gasteiger partial charge is 0.497 e. The zero-order valence-electron chi connectivity index (χ0n) is 18.5. The van der Waals surface area contributed by atoms with E-state index in [9.17, 15) is 0 Å². The van der Waals surface area contributed by atoms with Gasteiger partial charge in [0.25, 0.3) is 0 Å². The van der Waals surface area contributed by atoms with E-state index in [2.05, 4.69) is 63.1 Å². The predicted octanol–water partition coefficient (Wildman–Crippen LogP) is 4.50. The molecule has 0 unspecified atom stereocenters. The van der Waals surface area contributed by atoms with E-state index in [0.717, 1.165) is 60.7 Å². The van der Waals surface area contributed by atoms with Gasteiger partial charge < -0.3 is 14.0 Å². The fourth-order valence-electron chi connectivity index (χ4n) is 4.16. The van der Waals surface area contributed by atoms with Gasteiger partial charge in [0.2, 0.25) is 0 Å². The Morgan fingerprint density at radius 3 is 2.45 bits per heavy atom. The molecule has 1 atom stereocenters. The van der Waals surface area contributed by atoms with E-state index in [-0.39, 0.29) is 0 Å². The SMILES string of the molecule is COc1cc(CN2CCC[C@H](c3nnc(SCc4ccccc4)n3C)C2)cc(OC)c1. The van der Waals surface area contributed by atoms with Crippen LogP contribution in [-0.2, 0) is 19.3 Å². The van der Waals surface area contributed by atoms with Gasteiger partial charge in [0, 0.05) is 37.9 Å². The number of thioether (sulfide) groups is 1. The van der Waals surface area contributed by atoms with Gasteiger partial charge in [-0.3, -0.25) is 4.90 Å². The summed E-state index contributed by atoms with van der Waals surface area (Å²) in [4.78, 5) is 2.49. The number of methoxy groups -OCH3 is 2. The number of piperidine rings is 1. The molecule has 7 heteroatoms. The third-order valence-corrected chi connectivity index (χ3v) is 6.86. The number of ether oxygens (including phenoxy) is 2. The Balaban J connectivity index is 1.41. The third-order valence-electron chi connectivity index (χ3n) is 5.77. The van der Waals surface area contributed by atoms with Crippen molar-refractivity contribution in [2.75, 3.05) is 27.3 Å². The lowest BCUT2D eigenvalue weighted by molar-refractivity contribution is 0.194. The van der Waals surface area contributed by atoms with Crippen molar-refractivity contribution in [3.63, 3.8) is 0 Å². The summed E-state index contributed by atoms with van der Waals surface area (Å²) in [5.41, 5.74) is 2.50. The van der Waals surface area contributed by atoms with Gasteiger partial charge in [0.15, 0.2) is 5.16 Å². The molecule has 6 nitrogen and oxygen atoms in total. The molecule has 0 spiro atoms. The normalized spacial score (nSPS) is 16.9. The van der Waals surface area contributed by atoms with E-state index in [0.29, 0.717) is 5.92 Å². The van der Waals surface area contributed by atoms with Crippen LogP contribution in [0.2, 0.25) is 0 Å². The highest BCUT2D eigenvalue weighted by atomic mass is 32.2. The number of benzene rings is 2. The van der Waals surface area contributed by atoms with Gasteiger partial charge in [-0.25, -0.2) is 0 Å². The number of nitrogens with zero attached hydrogens (tertiary/aromatic N) is 4. The van der Waals surface area contributed by atoms with Crippen molar-refractivity contribution in [1.82, 2.24) is 19.7 Å². The maximum absolute atomic E-state index is 5.43. The van der Waals surface area contributed by atoms with Crippen LogP contribution < -0.4 is 9.47 Å². The number of likely N-dealkylation sites (tertiary alicyclic amines) is 1. The Bertz CT molecular complexity index is 970. The molecule has 0 saturated carbocycles. The second-order valence-corrected chi connectivity index (χ2v) is 8.91. The molecule has 4 rings (SSSR count). The highest BCUT2D eigenvalue weighted by Crippen LogP contribution is 2.30. The van der Waals surface area contributed by atoms with Crippen LogP contribution in [0.4, 0.5) is 0 Å². The highest BCUT2D eigenvalue weighted by Gasteiger charge is 2.26. The lowest BCUT2D eigenvalue weighted by Crippen LogP contribution is -2.34. The Morgan fingerprint density at radius 2 is 1.74 bits per heavy atom. The standard InChI is InChI=1S/C24H30N4O2S/c1-27-23(25-26-24(27)31-17-18-8-5-4-6-9-18)20-10-7-11-28(16-20)15-19-12-21(29-2)14-22(13-19)30-3/h4-6,8-9,12-14,20H,7,10-11,15-17H2,1-3H3/t20-/m0/s1. The molecular formula is C24H30N4O2S. The molecule has 164 valence electrons. The van der Waals surface area contributed by atoms with Gasteiger partial charge in [-0.1, -0.05) is 42.1 Å². The fraction of sp³-hybridized carbons (Fsp3) is 0.417. The van der Waals surface area contributed by atoms with Crippen LogP contribution in [0.25, 0.3) is 0 Å². The van der Waals surface area contributed by atoms with E-state index in [4.69, 9.17) is 9.47 Å². The van der Waals surface area contributed by atoms with E-state index in [1.54, 1.807) is 26.0 Å². The van der Waals surface area contributed by atoms with Crippen LogP contribution in [0.15, 0.2) is 53.7 Å². The second-order valence-electron chi connectivity index (χ2n) is 7.97. The number of hydrogen-bond acceptors (Lipinski definition) is 6. The zero-order chi connectivity index (χ0) is 21.6. The van der Waals surface area contributed by atoms with E-state index >= 15 is 0 Å². The molecule has 1 aromatic heterocycles. The lowest BCUT2D eigenvalue weighted by Gasteiger charge is -2.32. The Kier molecular flexibility index (Phi) is 7.14. The average Bonchev–Trinajstić information content (AvgIpc) is 3.18. The predicted molar refractivity (Wildman–Crippen MR) is 124 cm³/mol. The smallest absolute Gasteiger partial charge is 0.191 e. The first kappa shape index (κ1) is 21.7. The average molecular weight is 439 g/mol. The van der Waals surface area contributed by atoms with E-state index in [1.165, 1.54) is 11.1 Å². The van der Waals surface area contributed by atoms with Crippen LogP contribution in [-0.4, -0.2) is 47.0 Å². The molecule has 1 aliphatic heterocycles. The Labute approximate surface area is 188 Å². The van der Waals surface area contributed by atoms with Crippen molar-refractivity contribution >= 4 is 11.8 Å². The maximum atomic E-state index is 5.43. The third kappa shape index (κ3) is 5.40. The van der Waals surface area contributed by atoms with Gasteiger partial charge >= 0.3 is 0 Å². The molecule has 0 bridgehead atoms. The van der Waals surface area contributed by atoms with Crippen molar-refractivity contribution in [3.05, 3.63) is 65.5 Å². The van der Waals surface area contributed by atoms with Crippen molar-refractivity contribution < 1.29 is 9.47 Å². The van der Waals surface area contributed by atoms with Crippen molar-refractivity contribution in [2.24, 2.45) is 7.05 Å². The summed E-state index contributed by atoms with van der Waals surface area (Å²) in [5, 5.41) is 10.0. The van der Waals surface area contributed by atoms with E-state index in [1.807, 2.05) is 12.1 Å². The summed E-state index contributed by atoms with van der Waals surface area (Å²) >= 11 is 1.74. The molecule has 2 heterocycles. The first-order chi connectivity index (χ1) is 15.2. The van der Waals surface area contributed by atoms with Gasteiger partial charge in [0.1, 0.15) is 17.3 Å². The highest BCUT2D eigenvalue weighted by molar-refractivity contribution is 7.98. The summed E-state index contributed by atoms with van der Waals surface area (Å²) in [6.07, 6.45) is 2.30. The van der Waals surface area contributed by atoms with Crippen LogP contribution in [0, 0.1) is 0 Å². The summed E-state index contributed by atoms with van der Waals surface area (Å²) in [7, 11) is 5.47. The van der Waals surface area contributed by atoms with Crippen molar-refractivity contribution in [3.8, 4) is 11.5 Å². The topological polar surface area (TPSA) is 52.4 Å². The Hall–Kier alpha value is -2.51. The quantitative estimate of drug-likeness (QED) is 0.483. The number of rotatable bonds is 8. The van der Waals surface area contributed by atoms with Gasteiger partial charge in [-0.15, -0.1) is 10.2 Å². The minimum absolute atomic E-state index is 0.393. The minimum Gasteiger partial charge on any atom is -0.497 e. The summed E-state index contributed by atoms with van der Waals surface area (Å²) in [6, 6.07) is 16.6. The minimum atomic E-state index is 0.393. The summed E-state index contributed by atoms with van der Waals surface area (Å²) < 4.78 is 13.0. The van der Waals surface area contributed by atoms with Gasteiger partial charge in [-0.2, -0.15) is 0 Å². The molecule has 0 amide bonds. The summed E-state index contributed by atoms with van der Waals surface area (Å²) in [5.74, 6) is 4.04. The number of hydrogen-bond donors (Lipinski definition) is 0. The van der Waals surface area contributed by atoms with Crippen molar-refractivity contribution in [2.45, 2.75) is 36.2 Å². The van der Waals surface area contributed by atoms with Gasteiger partial charge in [-0.05, 0) is 42.6 Å². The molecule has 31 heavy (non-hydrogen) atoms. The molecule has 1 saturated heterocycles. The van der Waals surface area contributed by atoms with E-state index < -0.39 is 0 Å². The zero-order valence-corrected chi connectivity index (χ0v) is 19.3. The van der Waals surface area contributed by atoms with Crippen LogP contribution in [0.3, 0.4) is 0 Å². The second kappa shape index (κ2) is 10.2. The lowest BCUT2D eigenvalue weighted by atomic mass is 9.96. The molecule has 1 aliphatic rings. The first-order valence-corrected chi connectivity index (χ1v) is 11.6. The van der Waals surface area contributed by atoms with Crippen LogP contribution in [0.1, 0.15) is 35.7 Å². The molecule has 0 N–H and O–H groups in total. The van der Waals surface area contributed by atoms with Crippen LogP contribution in [0.5, 0.6) is 11.5 Å². The fourth-order valence-corrected chi connectivity index (χ4v) is 5.03. The molecule has 0 aliphatic carbocycles. The summed E-state index contributed by atoms with van der Waals surface area (Å²) in [6.45, 7) is 2.94.